The molecule has 0 saturated heterocycles. The van der Waals surface area contributed by atoms with Crippen molar-refractivity contribution in [2.45, 2.75) is 45.2 Å². The first-order chi connectivity index (χ1) is 15.9. The van der Waals surface area contributed by atoms with E-state index in [1.54, 1.807) is 23.1 Å². The first-order valence-electron chi connectivity index (χ1n) is 10.8. The fraction of sp³-hybridized carbons (Fsp3) is 0.455. The zero-order valence-corrected chi connectivity index (χ0v) is 18.9. The summed E-state index contributed by atoms with van der Waals surface area (Å²) in [6.45, 7) is 4.27. The van der Waals surface area contributed by atoms with Crippen molar-refractivity contribution in [1.29, 1.82) is 5.26 Å². The van der Waals surface area contributed by atoms with Crippen LogP contribution in [0.2, 0.25) is 0 Å². The molecular weight excluding hydrogens is 424 g/mol. The molecule has 0 fully saturated rings. The third-order valence-electron chi connectivity index (χ3n) is 5.65. The number of fused-ring (bicyclic) bond motifs is 1. The molecule has 0 aliphatic heterocycles. The number of hydrogen-bond acceptors (Lipinski definition) is 8. The highest BCUT2D eigenvalue weighted by atomic mass is 16.5. The van der Waals surface area contributed by atoms with Crippen LogP contribution in [0.1, 0.15) is 39.2 Å². The molecule has 3 N–H and O–H groups in total. The van der Waals surface area contributed by atoms with E-state index < -0.39 is 18.0 Å². The Morgan fingerprint density at radius 3 is 2.79 bits per heavy atom. The molecule has 33 heavy (non-hydrogen) atoms. The van der Waals surface area contributed by atoms with Crippen LogP contribution in [-0.2, 0) is 9.53 Å². The number of rotatable bonds is 9. The molecule has 11 heteroatoms. The standard InChI is InChI=1S/C22H28N8O3/c1-14(10-24)15(2)30-12-16(11-27-30)19-17-7-9-29(20(17)26-13-25-19)22(32)28-18(21(31)33-3)6-4-5-8-23/h7,9,11-15,18H,4-6,8,23H2,1-3H3,(H,28,32)/t14?,15-,18-/m0/s1. The number of nitrogens with zero attached hydrogens (tertiary/aromatic N) is 6. The number of amides is 1. The molecule has 3 atom stereocenters. The second-order valence-electron chi connectivity index (χ2n) is 7.82. The molecule has 0 spiro atoms. The van der Waals surface area contributed by atoms with Crippen LogP contribution in [0.4, 0.5) is 4.79 Å². The lowest BCUT2D eigenvalue weighted by Gasteiger charge is -2.16. The summed E-state index contributed by atoms with van der Waals surface area (Å²) in [6, 6.07) is 2.58. The topological polar surface area (TPSA) is 154 Å². The number of nitriles is 1. The van der Waals surface area contributed by atoms with Crippen LogP contribution in [0.5, 0.6) is 0 Å². The van der Waals surface area contributed by atoms with Crippen LogP contribution >= 0.6 is 0 Å². The zero-order chi connectivity index (χ0) is 24.0. The highest BCUT2D eigenvalue weighted by molar-refractivity contribution is 5.97. The highest BCUT2D eigenvalue weighted by Gasteiger charge is 2.23. The Labute approximate surface area is 191 Å². The number of carbonyl (C=O) groups is 2. The van der Waals surface area contributed by atoms with Crippen LogP contribution < -0.4 is 11.1 Å². The molecule has 3 aromatic rings. The molecule has 11 nitrogen and oxygen atoms in total. The second-order valence-corrected chi connectivity index (χ2v) is 7.82. The fourth-order valence-corrected chi connectivity index (χ4v) is 3.47. The maximum Gasteiger partial charge on any atom is 0.328 e. The summed E-state index contributed by atoms with van der Waals surface area (Å²) in [7, 11) is 1.29. The number of esters is 1. The summed E-state index contributed by atoms with van der Waals surface area (Å²) >= 11 is 0. The van der Waals surface area contributed by atoms with Gasteiger partial charge in [0.05, 0.1) is 37.0 Å². The molecule has 0 radical (unpaired) electrons. The Balaban J connectivity index is 1.87. The van der Waals surface area contributed by atoms with Gasteiger partial charge in [0.25, 0.3) is 0 Å². The molecule has 3 rings (SSSR count). The second kappa shape index (κ2) is 10.7. The third-order valence-corrected chi connectivity index (χ3v) is 5.65. The van der Waals surface area contributed by atoms with Crippen molar-refractivity contribution in [3.63, 3.8) is 0 Å². The molecule has 3 aromatic heterocycles. The van der Waals surface area contributed by atoms with Crippen LogP contribution in [0.25, 0.3) is 22.3 Å². The largest absolute Gasteiger partial charge is 0.467 e. The van der Waals surface area contributed by atoms with Gasteiger partial charge in [0.2, 0.25) is 0 Å². The first kappa shape index (κ1) is 23.9. The predicted molar refractivity (Wildman–Crippen MR) is 121 cm³/mol. The minimum absolute atomic E-state index is 0.106. The summed E-state index contributed by atoms with van der Waals surface area (Å²) in [5.41, 5.74) is 7.28. The number of nitrogens with one attached hydrogen (secondary N) is 1. The number of aromatic nitrogens is 5. The molecule has 0 saturated carbocycles. The molecule has 0 aliphatic rings. The Morgan fingerprint density at radius 2 is 2.09 bits per heavy atom. The smallest absolute Gasteiger partial charge is 0.328 e. The summed E-state index contributed by atoms with van der Waals surface area (Å²) in [6.07, 6.45) is 8.30. The van der Waals surface area contributed by atoms with E-state index in [9.17, 15) is 14.9 Å². The summed E-state index contributed by atoms with van der Waals surface area (Å²) in [5, 5.41) is 16.9. The normalized spacial score (nSPS) is 13.8. The number of nitrogens with two attached hydrogens (primary N) is 1. The van der Waals surface area contributed by atoms with Crippen LogP contribution in [0.15, 0.2) is 31.0 Å². The van der Waals surface area contributed by atoms with Gasteiger partial charge in [0.1, 0.15) is 12.4 Å². The van der Waals surface area contributed by atoms with Crippen molar-refractivity contribution in [1.82, 2.24) is 29.6 Å². The summed E-state index contributed by atoms with van der Waals surface area (Å²) < 4.78 is 7.89. The van der Waals surface area contributed by atoms with Gasteiger partial charge in [0.15, 0.2) is 5.65 Å². The van der Waals surface area contributed by atoms with E-state index in [4.69, 9.17) is 10.5 Å². The Morgan fingerprint density at radius 1 is 1.30 bits per heavy atom. The molecule has 0 aromatic carbocycles. The van der Waals surface area contributed by atoms with Crippen molar-refractivity contribution < 1.29 is 14.3 Å². The van der Waals surface area contributed by atoms with Gasteiger partial charge in [0, 0.05) is 23.3 Å². The van der Waals surface area contributed by atoms with E-state index in [0.717, 1.165) is 12.0 Å². The quantitative estimate of drug-likeness (QED) is 0.370. The van der Waals surface area contributed by atoms with Crippen LogP contribution in [-0.4, -0.2) is 56.0 Å². The third kappa shape index (κ3) is 5.18. The predicted octanol–water partition coefficient (Wildman–Crippen LogP) is 2.24. The van der Waals surface area contributed by atoms with Gasteiger partial charge >= 0.3 is 12.0 Å². The van der Waals surface area contributed by atoms with Gasteiger partial charge in [-0.1, -0.05) is 0 Å². The van der Waals surface area contributed by atoms with Gasteiger partial charge in [-0.15, -0.1) is 0 Å². The molecule has 174 valence electrons. The monoisotopic (exact) mass is 452 g/mol. The number of unbranched alkanes of at least 4 members (excludes halogenated alkanes) is 1. The number of ether oxygens (including phenoxy) is 1. The van der Waals surface area contributed by atoms with E-state index in [0.29, 0.717) is 36.1 Å². The van der Waals surface area contributed by atoms with E-state index >= 15 is 0 Å². The van der Waals surface area contributed by atoms with Crippen molar-refractivity contribution in [3.05, 3.63) is 31.0 Å². The number of methoxy groups -OCH3 is 1. The molecule has 3 heterocycles. The van der Waals surface area contributed by atoms with E-state index in [-0.39, 0.29) is 12.0 Å². The Bertz CT molecular complexity index is 1160. The first-order valence-corrected chi connectivity index (χ1v) is 10.8. The van der Waals surface area contributed by atoms with Crippen LogP contribution in [0, 0.1) is 17.2 Å². The van der Waals surface area contributed by atoms with Crippen LogP contribution in [0.3, 0.4) is 0 Å². The Kier molecular flexibility index (Phi) is 7.74. The average Bonchev–Trinajstić information content (AvgIpc) is 3.49. The van der Waals surface area contributed by atoms with Gasteiger partial charge in [-0.3, -0.25) is 9.25 Å². The fourth-order valence-electron chi connectivity index (χ4n) is 3.47. The summed E-state index contributed by atoms with van der Waals surface area (Å²) in [4.78, 5) is 33.7. The molecule has 1 unspecified atom stereocenters. The van der Waals surface area contributed by atoms with E-state index in [2.05, 4.69) is 26.5 Å². The maximum atomic E-state index is 12.9. The lowest BCUT2D eigenvalue weighted by atomic mass is 10.1. The minimum atomic E-state index is -0.783. The lowest BCUT2D eigenvalue weighted by molar-refractivity contribution is -0.143. The van der Waals surface area contributed by atoms with E-state index in [1.165, 1.54) is 18.0 Å². The minimum Gasteiger partial charge on any atom is -0.467 e. The van der Waals surface area contributed by atoms with Crippen molar-refractivity contribution in [2.24, 2.45) is 11.7 Å². The van der Waals surface area contributed by atoms with Gasteiger partial charge < -0.3 is 15.8 Å². The summed E-state index contributed by atoms with van der Waals surface area (Å²) in [5.74, 6) is -0.721. The SMILES string of the molecule is COC(=O)[C@H](CCCCN)NC(=O)n1ccc2c(-c3cnn([C@@H](C)C(C)C#N)c3)ncnc21. The average molecular weight is 453 g/mol. The van der Waals surface area contributed by atoms with Gasteiger partial charge in [-0.2, -0.15) is 10.4 Å². The van der Waals surface area contributed by atoms with Crippen molar-refractivity contribution in [3.8, 4) is 17.3 Å². The van der Waals surface area contributed by atoms with Gasteiger partial charge in [-0.25, -0.2) is 19.6 Å². The van der Waals surface area contributed by atoms with Crippen molar-refractivity contribution in [2.75, 3.05) is 13.7 Å². The molecule has 0 bridgehead atoms. The van der Waals surface area contributed by atoms with Gasteiger partial charge in [-0.05, 0) is 45.7 Å². The number of carbonyl (C=O) groups excluding carboxylic acids is 2. The van der Waals surface area contributed by atoms with E-state index in [1.807, 2.05) is 20.0 Å². The molecule has 1 amide bonds. The lowest BCUT2D eigenvalue weighted by Crippen LogP contribution is -2.43. The number of hydrogen-bond donors (Lipinski definition) is 2. The molecular formula is C22H28N8O3. The molecule has 0 aliphatic carbocycles. The van der Waals surface area contributed by atoms with Crippen molar-refractivity contribution >= 4 is 23.0 Å². The highest BCUT2D eigenvalue weighted by Crippen LogP contribution is 2.27. The maximum absolute atomic E-state index is 12.9. The Hall–Kier alpha value is -3.78. The zero-order valence-electron chi connectivity index (χ0n) is 18.9.